The van der Waals surface area contributed by atoms with Gasteiger partial charge in [0.1, 0.15) is 0 Å². The Kier molecular flexibility index (Phi) is 9.42. The zero-order valence-corrected chi connectivity index (χ0v) is 33.8. The maximum atomic E-state index is 5.16. The van der Waals surface area contributed by atoms with Gasteiger partial charge in [0.2, 0.25) is 0 Å². The van der Waals surface area contributed by atoms with Crippen LogP contribution >= 0.6 is 0 Å². The smallest absolute Gasteiger partial charge is 0.164 e. The quantitative estimate of drug-likeness (QED) is 0.146. The summed E-state index contributed by atoms with van der Waals surface area (Å²) in [6, 6.07) is 67.8. The second-order valence-corrected chi connectivity index (χ2v) is 16.6. The van der Waals surface area contributed by atoms with E-state index < -0.39 is 0 Å². The summed E-state index contributed by atoms with van der Waals surface area (Å²) in [5, 5.41) is 0. The first-order valence-corrected chi connectivity index (χ1v) is 21.4. The second-order valence-electron chi connectivity index (χ2n) is 16.6. The van der Waals surface area contributed by atoms with E-state index in [2.05, 4.69) is 140 Å². The van der Waals surface area contributed by atoms with Crippen LogP contribution in [0.2, 0.25) is 0 Å². The number of aromatic nitrogens is 5. The van der Waals surface area contributed by atoms with Crippen LogP contribution in [0.3, 0.4) is 0 Å². The van der Waals surface area contributed by atoms with E-state index in [9.17, 15) is 0 Å². The maximum Gasteiger partial charge on any atom is 0.164 e. The average molecular weight is 786 g/mol. The van der Waals surface area contributed by atoms with E-state index in [1.165, 1.54) is 43.2 Å². The zero-order chi connectivity index (χ0) is 40.6. The van der Waals surface area contributed by atoms with Crippen LogP contribution in [-0.4, -0.2) is 24.9 Å². The Morgan fingerprint density at radius 3 is 1.13 bits per heavy atom. The second kappa shape index (κ2) is 15.7. The fraction of sp³-hybridized carbons (Fsp3) is 0.125. The number of nitrogens with zero attached hydrogens (tertiary/aromatic N) is 5. The molecule has 0 N–H and O–H groups in total. The molecule has 0 aliphatic heterocycles. The molecule has 9 aromatic rings. The Hall–Kier alpha value is -7.37. The first-order valence-electron chi connectivity index (χ1n) is 21.4. The minimum atomic E-state index is 0.335. The predicted octanol–water partition coefficient (Wildman–Crippen LogP) is 13.8. The summed E-state index contributed by atoms with van der Waals surface area (Å²) in [6.45, 7) is 0. The number of fused-ring (bicyclic) bond motifs is 2. The molecular formula is C56H43N5. The molecule has 2 saturated carbocycles. The van der Waals surface area contributed by atoms with Crippen molar-refractivity contribution in [3.8, 4) is 90.3 Å². The van der Waals surface area contributed by atoms with Crippen LogP contribution in [0.4, 0.5) is 0 Å². The molecule has 2 fully saturated rings. The molecule has 2 aromatic heterocycles. The topological polar surface area (TPSA) is 64.5 Å². The molecule has 7 aromatic carbocycles. The molecule has 0 amide bonds. The van der Waals surface area contributed by atoms with Crippen molar-refractivity contribution >= 4 is 0 Å². The molecule has 5 heteroatoms. The number of hydrogen-bond donors (Lipinski definition) is 0. The normalized spacial score (nSPS) is 16.8. The van der Waals surface area contributed by atoms with Gasteiger partial charge in [-0.1, -0.05) is 182 Å². The molecule has 0 unspecified atom stereocenters. The van der Waals surface area contributed by atoms with Crippen LogP contribution in [0.15, 0.2) is 194 Å². The van der Waals surface area contributed by atoms with Gasteiger partial charge in [-0.2, -0.15) is 0 Å². The van der Waals surface area contributed by atoms with Crippen molar-refractivity contribution in [2.75, 3.05) is 0 Å². The first kappa shape index (κ1) is 36.7. The van der Waals surface area contributed by atoms with Gasteiger partial charge in [-0.15, -0.1) is 0 Å². The van der Waals surface area contributed by atoms with Crippen LogP contribution in [0.1, 0.15) is 37.7 Å². The summed E-state index contributed by atoms with van der Waals surface area (Å²) in [6.07, 6.45) is 6.66. The van der Waals surface area contributed by atoms with Crippen LogP contribution < -0.4 is 0 Å². The minimum Gasteiger partial charge on any atom is -0.228 e. The molecule has 2 aliphatic carbocycles. The Morgan fingerprint density at radius 1 is 0.311 bits per heavy atom. The van der Waals surface area contributed by atoms with Gasteiger partial charge in [0.25, 0.3) is 0 Å². The highest BCUT2D eigenvalue weighted by Crippen LogP contribution is 2.55. The van der Waals surface area contributed by atoms with E-state index in [1.54, 1.807) is 0 Å². The van der Waals surface area contributed by atoms with Crippen LogP contribution in [-0.2, 0) is 5.41 Å². The molecule has 11 rings (SSSR count). The maximum absolute atomic E-state index is 5.16. The summed E-state index contributed by atoms with van der Waals surface area (Å²) in [5.74, 6) is 3.54. The Labute approximate surface area is 357 Å². The lowest BCUT2D eigenvalue weighted by atomic mass is 9.77. The lowest BCUT2D eigenvalue weighted by Crippen LogP contribution is -2.19. The third kappa shape index (κ3) is 7.33. The highest BCUT2D eigenvalue weighted by Gasteiger charge is 2.45. The fourth-order valence-corrected chi connectivity index (χ4v) is 9.50. The van der Waals surface area contributed by atoms with Crippen molar-refractivity contribution in [1.29, 1.82) is 0 Å². The first-order chi connectivity index (χ1) is 30.1. The molecule has 0 radical (unpaired) electrons. The van der Waals surface area contributed by atoms with E-state index in [-0.39, 0.29) is 0 Å². The average Bonchev–Trinajstić information content (AvgIpc) is 3.98. The number of rotatable bonds is 9. The van der Waals surface area contributed by atoms with Gasteiger partial charge >= 0.3 is 0 Å². The highest BCUT2D eigenvalue weighted by molar-refractivity contribution is 5.76. The molecular weight excluding hydrogens is 743 g/mol. The number of hydrogen-bond acceptors (Lipinski definition) is 5. The van der Waals surface area contributed by atoms with Gasteiger partial charge in [0, 0.05) is 33.4 Å². The fourth-order valence-electron chi connectivity index (χ4n) is 9.50. The Bertz CT molecular complexity index is 2960. The van der Waals surface area contributed by atoms with Crippen molar-refractivity contribution in [3.63, 3.8) is 0 Å². The minimum absolute atomic E-state index is 0.335. The molecule has 5 nitrogen and oxygen atoms in total. The molecule has 61 heavy (non-hydrogen) atoms. The molecule has 2 heterocycles. The van der Waals surface area contributed by atoms with Gasteiger partial charge in [-0.25, -0.2) is 24.9 Å². The van der Waals surface area contributed by atoms with Crippen LogP contribution in [0.25, 0.3) is 90.3 Å². The van der Waals surface area contributed by atoms with Gasteiger partial charge in [0.05, 0.1) is 11.4 Å². The lowest BCUT2D eigenvalue weighted by Gasteiger charge is -2.27. The van der Waals surface area contributed by atoms with E-state index in [0.29, 0.717) is 22.9 Å². The molecule has 0 saturated heterocycles. The Balaban J connectivity index is 0.897. The molecule has 0 atom stereocenters. The molecule has 292 valence electrons. The Morgan fingerprint density at radius 2 is 0.672 bits per heavy atom. The highest BCUT2D eigenvalue weighted by atomic mass is 15.0. The van der Waals surface area contributed by atoms with Gasteiger partial charge in [-0.05, 0) is 83.4 Å². The zero-order valence-electron chi connectivity index (χ0n) is 33.8. The van der Waals surface area contributed by atoms with E-state index in [1.807, 2.05) is 54.6 Å². The van der Waals surface area contributed by atoms with Crippen LogP contribution in [0, 0.1) is 5.92 Å². The number of benzene rings is 7. The van der Waals surface area contributed by atoms with Gasteiger partial charge < -0.3 is 0 Å². The third-order valence-electron chi connectivity index (χ3n) is 12.8. The lowest BCUT2D eigenvalue weighted by molar-refractivity contribution is 0.419. The summed E-state index contributed by atoms with van der Waals surface area (Å²) in [4.78, 5) is 25.2. The predicted molar refractivity (Wildman–Crippen MR) is 247 cm³/mol. The van der Waals surface area contributed by atoms with Gasteiger partial charge in [-0.3, -0.25) is 0 Å². The molecule has 0 spiro atoms. The molecule has 2 aliphatic rings. The SMILES string of the molecule is c1ccc(-c2ccc(-c3nc(-c4ccccc4)nc(-c4ccc(-c5ccc(-c6cc(-c7cccc(C89CCC(CC8)C9)c7)nc(-c7ccccc7)n6)cc5)cc4)n3)cc2)cc1. The van der Waals surface area contributed by atoms with Crippen molar-refractivity contribution in [2.24, 2.45) is 5.92 Å². The summed E-state index contributed by atoms with van der Waals surface area (Å²) >= 11 is 0. The van der Waals surface area contributed by atoms with E-state index >= 15 is 0 Å². The largest absolute Gasteiger partial charge is 0.228 e. The van der Waals surface area contributed by atoms with Crippen LogP contribution in [0.5, 0.6) is 0 Å². The van der Waals surface area contributed by atoms with Crippen molar-refractivity contribution in [2.45, 2.75) is 37.5 Å². The summed E-state index contributed by atoms with van der Waals surface area (Å²) in [5.41, 5.74) is 14.2. The van der Waals surface area contributed by atoms with E-state index in [0.717, 1.165) is 73.2 Å². The van der Waals surface area contributed by atoms with Crippen molar-refractivity contribution < 1.29 is 0 Å². The monoisotopic (exact) mass is 785 g/mol. The summed E-state index contributed by atoms with van der Waals surface area (Å²) in [7, 11) is 0. The van der Waals surface area contributed by atoms with Gasteiger partial charge in [0.15, 0.2) is 23.3 Å². The van der Waals surface area contributed by atoms with Crippen molar-refractivity contribution in [1.82, 2.24) is 24.9 Å². The van der Waals surface area contributed by atoms with Crippen molar-refractivity contribution in [3.05, 3.63) is 200 Å². The van der Waals surface area contributed by atoms with E-state index in [4.69, 9.17) is 24.9 Å². The standard InChI is InChI=1S/C56H43N5/c1-4-11-39(12-5-1)40-21-27-46(28-22-40)54-59-53(45-15-8-3-9-16-45)60-55(61-54)47-29-23-42(24-30-47)41-19-25-43(26-20-41)50-36-51(58-52(57-50)44-13-6-2-7-14-44)48-17-10-18-49(35-48)56-33-31-38(37-56)32-34-56/h1-30,35-36,38H,31-34,37H2. The molecule has 2 bridgehead atoms. The summed E-state index contributed by atoms with van der Waals surface area (Å²) < 4.78 is 0. The third-order valence-corrected chi connectivity index (χ3v) is 12.8.